The monoisotopic (exact) mass is 195 g/mol. The predicted octanol–water partition coefficient (Wildman–Crippen LogP) is 3.20. The fraction of sp³-hybridized carbons (Fsp3) is 0.364. The minimum atomic E-state index is 0.694. The summed E-state index contributed by atoms with van der Waals surface area (Å²) in [6.07, 6.45) is 5.86. The van der Waals surface area contributed by atoms with Crippen molar-refractivity contribution in [3.8, 4) is 0 Å². The minimum Gasteiger partial charge on any atom is -0.261 e. The molecule has 0 fully saturated rings. The van der Waals surface area contributed by atoms with Crippen molar-refractivity contribution in [2.24, 2.45) is 0 Å². The van der Waals surface area contributed by atoms with E-state index in [-0.39, 0.29) is 0 Å². The first-order chi connectivity index (χ1) is 6.33. The Morgan fingerprint density at radius 1 is 1.54 bits per heavy atom. The molecular formula is C11H14ClN. The van der Waals surface area contributed by atoms with Crippen LogP contribution in [0.15, 0.2) is 36.0 Å². The molecule has 1 rings (SSSR count). The van der Waals surface area contributed by atoms with Gasteiger partial charge in [-0.1, -0.05) is 17.7 Å². The van der Waals surface area contributed by atoms with Crippen molar-refractivity contribution in [1.29, 1.82) is 0 Å². The van der Waals surface area contributed by atoms with E-state index in [9.17, 15) is 0 Å². The first-order valence-corrected chi connectivity index (χ1v) is 4.98. The van der Waals surface area contributed by atoms with E-state index in [1.54, 1.807) is 0 Å². The third-order valence-electron chi connectivity index (χ3n) is 1.79. The number of pyridine rings is 1. The van der Waals surface area contributed by atoms with Crippen LogP contribution in [-0.4, -0.2) is 10.9 Å². The number of rotatable bonds is 4. The van der Waals surface area contributed by atoms with Crippen molar-refractivity contribution in [3.63, 3.8) is 0 Å². The van der Waals surface area contributed by atoms with Crippen LogP contribution >= 0.6 is 11.6 Å². The number of aromatic nitrogens is 1. The fourth-order valence-electron chi connectivity index (χ4n) is 1.16. The van der Waals surface area contributed by atoms with Crippen LogP contribution in [0, 0.1) is 0 Å². The quantitative estimate of drug-likeness (QED) is 0.531. The maximum Gasteiger partial charge on any atom is 0.0443 e. The highest BCUT2D eigenvalue weighted by molar-refractivity contribution is 6.17. The molecule has 0 radical (unpaired) electrons. The second-order valence-corrected chi connectivity index (χ2v) is 3.40. The number of hydrogen-bond acceptors (Lipinski definition) is 1. The van der Waals surface area contributed by atoms with E-state index in [1.807, 2.05) is 24.4 Å². The topological polar surface area (TPSA) is 12.9 Å². The lowest BCUT2D eigenvalue weighted by Crippen LogP contribution is -1.90. The Morgan fingerprint density at radius 2 is 2.38 bits per heavy atom. The molecule has 0 aliphatic rings. The molecular weight excluding hydrogens is 182 g/mol. The van der Waals surface area contributed by atoms with E-state index in [1.165, 1.54) is 5.57 Å². The molecule has 0 N–H and O–H groups in total. The van der Waals surface area contributed by atoms with Gasteiger partial charge in [-0.25, -0.2) is 0 Å². The second kappa shape index (κ2) is 5.76. The lowest BCUT2D eigenvalue weighted by atomic mass is 10.1. The predicted molar refractivity (Wildman–Crippen MR) is 57.0 cm³/mol. The highest BCUT2D eigenvalue weighted by atomic mass is 35.5. The Kier molecular flexibility index (Phi) is 4.55. The molecule has 1 aromatic heterocycles. The van der Waals surface area contributed by atoms with Gasteiger partial charge in [0.15, 0.2) is 0 Å². The lowest BCUT2D eigenvalue weighted by Gasteiger charge is -1.99. The Bertz CT molecular complexity index is 267. The smallest absolute Gasteiger partial charge is 0.0443 e. The molecule has 1 aromatic rings. The van der Waals surface area contributed by atoms with Crippen molar-refractivity contribution in [3.05, 3.63) is 41.7 Å². The highest BCUT2D eigenvalue weighted by Crippen LogP contribution is 2.05. The average Bonchev–Trinajstić information content (AvgIpc) is 2.16. The van der Waals surface area contributed by atoms with Crippen LogP contribution in [0.1, 0.15) is 19.0 Å². The van der Waals surface area contributed by atoms with Gasteiger partial charge >= 0.3 is 0 Å². The molecule has 2 heteroatoms. The van der Waals surface area contributed by atoms with Gasteiger partial charge in [0.1, 0.15) is 0 Å². The summed E-state index contributed by atoms with van der Waals surface area (Å²) < 4.78 is 0. The van der Waals surface area contributed by atoms with Crippen LogP contribution in [0.2, 0.25) is 0 Å². The van der Waals surface area contributed by atoms with E-state index in [2.05, 4.69) is 18.0 Å². The van der Waals surface area contributed by atoms with Gasteiger partial charge in [-0.2, -0.15) is 0 Å². The maximum absolute atomic E-state index is 5.59. The van der Waals surface area contributed by atoms with Gasteiger partial charge in [0, 0.05) is 24.2 Å². The molecule has 0 aromatic carbocycles. The SMILES string of the molecule is CC(=CCCCl)Cc1ccccn1. The molecule has 0 atom stereocenters. The first-order valence-electron chi connectivity index (χ1n) is 4.44. The summed E-state index contributed by atoms with van der Waals surface area (Å²) in [5.41, 5.74) is 2.45. The number of hydrogen-bond donors (Lipinski definition) is 0. The molecule has 0 unspecified atom stereocenters. The summed E-state index contributed by atoms with van der Waals surface area (Å²) in [5.74, 6) is 0.694. The Balaban J connectivity index is 2.50. The average molecular weight is 196 g/mol. The van der Waals surface area contributed by atoms with Crippen molar-refractivity contribution in [2.75, 3.05) is 5.88 Å². The fourth-order valence-corrected chi connectivity index (χ4v) is 1.27. The van der Waals surface area contributed by atoms with Crippen molar-refractivity contribution >= 4 is 11.6 Å². The third-order valence-corrected chi connectivity index (χ3v) is 2.01. The van der Waals surface area contributed by atoms with Gasteiger partial charge in [0.2, 0.25) is 0 Å². The lowest BCUT2D eigenvalue weighted by molar-refractivity contribution is 1.03. The minimum absolute atomic E-state index is 0.694. The van der Waals surface area contributed by atoms with Gasteiger partial charge in [0.05, 0.1) is 0 Å². The number of nitrogens with zero attached hydrogens (tertiary/aromatic N) is 1. The zero-order valence-electron chi connectivity index (χ0n) is 7.83. The van der Waals surface area contributed by atoms with Crippen LogP contribution in [0.4, 0.5) is 0 Å². The molecule has 13 heavy (non-hydrogen) atoms. The van der Waals surface area contributed by atoms with Gasteiger partial charge < -0.3 is 0 Å². The van der Waals surface area contributed by atoms with Crippen LogP contribution in [0.5, 0.6) is 0 Å². The molecule has 0 bridgehead atoms. The Labute approximate surface area is 84.5 Å². The molecule has 0 saturated carbocycles. The summed E-state index contributed by atoms with van der Waals surface area (Å²) in [5, 5.41) is 0. The number of allylic oxidation sites excluding steroid dienone is 2. The normalized spacial score (nSPS) is 11.7. The Morgan fingerprint density at radius 3 is 3.00 bits per heavy atom. The standard InChI is InChI=1S/C11H14ClN/c1-10(5-4-7-12)9-11-6-2-3-8-13-11/h2-3,5-6,8H,4,7,9H2,1H3. The van der Waals surface area contributed by atoms with E-state index < -0.39 is 0 Å². The summed E-state index contributed by atoms with van der Waals surface area (Å²) in [6, 6.07) is 5.98. The van der Waals surface area contributed by atoms with Crippen LogP contribution < -0.4 is 0 Å². The van der Waals surface area contributed by atoms with E-state index in [0.29, 0.717) is 5.88 Å². The van der Waals surface area contributed by atoms with Crippen molar-refractivity contribution in [2.45, 2.75) is 19.8 Å². The van der Waals surface area contributed by atoms with Crippen molar-refractivity contribution in [1.82, 2.24) is 4.98 Å². The molecule has 0 amide bonds. The molecule has 0 aliphatic carbocycles. The van der Waals surface area contributed by atoms with E-state index in [4.69, 9.17) is 11.6 Å². The zero-order valence-corrected chi connectivity index (χ0v) is 8.59. The molecule has 1 nitrogen and oxygen atoms in total. The number of halogens is 1. The molecule has 0 aliphatic heterocycles. The van der Waals surface area contributed by atoms with Gasteiger partial charge in [0.25, 0.3) is 0 Å². The second-order valence-electron chi connectivity index (χ2n) is 3.03. The van der Waals surface area contributed by atoms with Crippen LogP contribution in [0.25, 0.3) is 0 Å². The van der Waals surface area contributed by atoms with Crippen LogP contribution in [0.3, 0.4) is 0 Å². The molecule has 0 spiro atoms. The van der Waals surface area contributed by atoms with E-state index >= 15 is 0 Å². The Hall–Kier alpha value is -0.820. The highest BCUT2D eigenvalue weighted by Gasteiger charge is 1.93. The summed E-state index contributed by atoms with van der Waals surface area (Å²) in [7, 11) is 0. The third kappa shape index (κ3) is 4.09. The van der Waals surface area contributed by atoms with Crippen molar-refractivity contribution < 1.29 is 0 Å². The van der Waals surface area contributed by atoms with Gasteiger partial charge in [-0.05, 0) is 25.5 Å². The molecule has 0 saturated heterocycles. The first kappa shape index (κ1) is 10.3. The van der Waals surface area contributed by atoms with Gasteiger partial charge in [-0.3, -0.25) is 4.98 Å². The van der Waals surface area contributed by atoms with Gasteiger partial charge in [-0.15, -0.1) is 11.6 Å². The molecule has 1 heterocycles. The van der Waals surface area contributed by atoms with Crippen LogP contribution in [-0.2, 0) is 6.42 Å². The summed E-state index contributed by atoms with van der Waals surface area (Å²) >= 11 is 5.59. The summed E-state index contributed by atoms with van der Waals surface area (Å²) in [6.45, 7) is 2.11. The molecule has 70 valence electrons. The number of alkyl halides is 1. The maximum atomic E-state index is 5.59. The summed E-state index contributed by atoms with van der Waals surface area (Å²) in [4.78, 5) is 4.25. The van der Waals surface area contributed by atoms with E-state index in [0.717, 1.165) is 18.5 Å². The zero-order chi connectivity index (χ0) is 9.52. The largest absolute Gasteiger partial charge is 0.261 e.